The highest BCUT2D eigenvalue weighted by Crippen LogP contribution is 2.33. The number of rotatable bonds is 1. The van der Waals surface area contributed by atoms with E-state index < -0.39 is 0 Å². The van der Waals surface area contributed by atoms with E-state index >= 15 is 0 Å². The van der Waals surface area contributed by atoms with Crippen LogP contribution < -0.4 is 4.57 Å². The van der Waals surface area contributed by atoms with E-state index in [-0.39, 0.29) is 0 Å². The van der Waals surface area contributed by atoms with Gasteiger partial charge in [0.2, 0.25) is 5.69 Å². The van der Waals surface area contributed by atoms with Crippen molar-refractivity contribution in [1.82, 2.24) is 0 Å². The molecule has 0 atom stereocenters. The molecule has 1 heteroatoms. The predicted molar refractivity (Wildman–Crippen MR) is 92.1 cm³/mol. The Morgan fingerprint density at radius 2 is 1.68 bits per heavy atom. The van der Waals surface area contributed by atoms with Crippen LogP contribution in [0.3, 0.4) is 0 Å². The molecule has 4 rings (SSSR count). The zero-order chi connectivity index (χ0) is 15.3. The van der Waals surface area contributed by atoms with Crippen molar-refractivity contribution in [2.75, 3.05) is 0 Å². The molecule has 1 nitrogen and oxygen atoms in total. The van der Waals surface area contributed by atoms with Crippen LogP contribution in [0.1, 0.15) is 28.7 Å². The normalized spacial score (nSPS) is 13.6. The van der Waals surface area contributed by atoms with E-state index in [1.54, 1.807) is 11.1 Å². The lowest BCUT2D eigenvalue weighted by Crippen LogP contribution is -2.30. The monoisotopic (exact) mass is 288 g/mol. The second-order valence-electron chi connectivity index (χ2n) is 6.66. The van der Waals surface area contributed by atoms with Gasteiger partial charge in [0.1, 0.15) is 7.05 Å². The minimum atomic E-state index is 1.23. The molecular formula is C21H22N+. The average molecular weight is 288 g/mol. The summed E-state index contributed by atoms with van der Waals surface area (Å²) >= 11 is 0. The van der Waals surface area contributed by atoms with Crippen molar-refractivity contribution < 1.29 is 4.57 Å². The molecular weight excluding hydrogens is 266 g/mol. The van der Waals surface area contributed by atoms with Crippen LogP contribution in [0.15, 0.2) is 42.6 Å². The van der Waals surface area contributed by atoms with E-state index in [9.17, 15) is 0 Å². The molecule has 0 saturated heterocycles. The van der Waals surface area contributed by atoms with Crippen molar-refractivity contribution in [1.29, 1.82) is 0 Å². The van der Waals surface area contributed by atoms with Crippen LogP contribution in [0.2, 0.25) is 0 Å². The molecule has 0 unspecified atom stereocenters. The summed E-state index contributed by atoms with van der Waals surface area (Å²) in [4.78, 5) is 0. The van der Waals surface area contributed by atoms with Crippen LogP contribution in [-0.2, 0) is 19.9 Å². The smallest absolute Gasteiger partial charge is 0.200 e. The first-order chi connectivity index (χ1) is 10.6. The van der Waals surface area contributed by atoms with Gasteiger partial charge in [-0.1, -0.05) is 23.8 Å². The minimum Gasteiger partial charge on any atom is -0.200 e. The molecule has 2 aromatic carbocycles. The van der Waals surface area contributed by atoms with Gasteiger partial charge in [0, 0.05) is 11.6 Å². The molecule has 1 heterocycles. The van der Waals surface area contributed by atoms with Gasteiger partial charge in [0.15, 0.2) is 6.20 Å². The van der Waals surface area contributed by atoms with Crippen molar-refractivity contribution in [2.24, 2.45) is 7.05 Å². The van der Waals surface area contributed by atoms with Crippen molar-refractivity contribution in [3.63, 3.8) is 0 Å². The van der Waals surface area contributed by atoms with Crippen LogP contribution in [0.25, 0.3) is 22.0 Å². The first kappa shape index (κ1) is 13.5. The standard InChI is InChI=1S/C21H22N/c1-14-7-8-16-9-10-22(3)21(20(16)11-14)19-13-18-6-4-5-17(18)12-15(19)2/h7-13H,4-6H2,1-3H3/q+1. The van der Waals surface area contributed by atoms with Crippen molar-refractivity contribution in [2.45, 2.75) is 33.1 Å². The van der Waals surface area contributed by atoms with Crippen molar-refractivity contribution in [3.8, 4) is 11.3 Å². The van der Waals surface area contributed by atoms with Gasteiger partial charge in [-0.3, -0.25) is 0 Å². The van der Waals surface area contributed by atoms with Gasteiger partial charge in [-0.2, -0.15) is 0 Å². The van der Waals surface area contributed by atoms with Crippen LogP contribution in [0.5, 0.6) is 0 Å². The largest absolute Gasteiger partial charge is 0.220 e. The highest BCUT2D eigenvalue weighted by Gasteiger charge is 2.20. The fourth-order valence-corrected chi connectivity index (χ4v) is 3.81. The van der Waals surface area contributed by atoms with Crippen molar-refractivity contribution in [3.05, 3.63) is 64.8 Å². The van der Waals surface area contributed by atoms with E-state index in [0.717, 1.165) is 0 Å². The maximum Gasteiger partial charge on any atom is 0.220 e. The van der Waals surface area contributed by atoms with Crippen LogP contribution in [-0.4, -0.2) is 0 Å². The second kappa shape index (κ2) is 4.95. The van der Waals surface area contributed by atoms with E-state index in [1.807, 2.05) is 0 Å². The molecule has 1 aromatic heterocycles. The topological polar surface area (TPSA) is 3.88 Å². The van der Waals surface area contributed by atoms with Crippen LogP contribution in [0.4, 0.5) is 0 Å². The third kappa shape index (κ3) is 2.04. The molecule has 110 valence electrons. The third-order valence-corrected chi connectivity index (χ3v) is 4.99. The first-order valence-corrected chi connectivity index (χ1v) is 8.15. The summed E-state index contributed by atoms with van der Waals surface area (Å²) in [6.07, 6.45) is 5.96. The van der Waals surface area contributed by atoms with Gasteiger partial charge >= 0.3 is 0 Å². The summed E-state index contributed by atoms with van der Waals surface area (Å²) in [5.74, 6) is 0. The highest BCUT2D eigenvalue weighted by molar-refractivity contribution is 5.94. The summed E-state index contributed by atoms with van der Waals surface area (Å²) in [6, 6.07) is 13.8. The fraction of sp³-hybridized carbons (Fsp3) is 0.286. The number of hydrogen-bond acceptors (Lipinski definition) is 0. The first-order valence-electron chi connectivity index (χ1n) is 8.15. The van der Waals surface area contributed by atoms with Gasteiger partial charge in [-0.25, -0.2) is 4.57 Å². The molecule has 0 radical (unpaired) electrons. The summed E-state index contributed by atoms with van der Waals surface area (Å²) in [5.41, 5.74) is 8.54. The maximum atomic E-state index is 2.44. The predicted octanol–water partition coefficient (Wildman–Crippen LogP) is 4.44. The number of aryl methyl sites for hydroxylation is 5. The molecule has 0 bridgehead atoms. The number of fused-ring (bicyclic) bond motifs is 2. The highest BCUT2D eigenvalue weighted by atomic mass is 14.9. The molecule has 0 fully saturated rings. The Morgan fingerprint density at radius 3 is 2.50 bits per heavy atom. The lowest BCUT2D eigenvalue weighted by atomic mass is 9.95. The van der Waals surface area contributed by atoms with Gasteiger partial charge in [0.25, 0.3) is 0 Å². The van der Waals surface area contributed by atoms with Crippen LogP contribution in [0, 0.1) is 13.8 Å². The lowest BCUT2D eigenvalue weighted by molar-refractivity contribution is -0.659. The summed E-state index contributed by atoms with van der Waals surface area (Å²) in [6.45, 7) is 4.42. The molecule has 22 heavy (non-hydrogen) atoms. The Morgan fingerprint density at radius 1 is 0.909 bits per heavy atom. The fourth-order valence-electron chi connectivity index (χ4n) is 3.81. The summed E-state index contributed by atoms with van der Waals surface area (Å²) in [5, 5.41) is 2.67. The molecule has 1 aliphatic carbocycles. The Bertz CT molecular complexity index is 885. The van der Waals surface area contributed by atoms with E-state index in [1.165, 1.54) is 52.4 Å². The summed E-state index contributed by atoms with van der Waals surface area (Å²) in [7, 11) is 2.16. The second-order valence-corrected chi connectivity index (χ2v) is 6.66. The molecule has 0 spiro atoms. The lowest BCUT2D eigenvalue weighted by Gasteiger charge is -2.11. The Labute approximate surface area is 132 Å². The minimum absolute atomic E-state index is 1.23. The maximum absolute atomic E-state index is 2.44. The molecule has 0 N–H and O–H groups in total. The number of hydrogen-bond donors (Lipinski definition) is 0. The molecule has 0 amide bonds. The Kier molecular flexibility index (Phi) is 3.04. The Hall–Kier alpha value is -2.15. The van der Waals surface area contributed by atoms with E-state index in [2.05, 4.69) is 68.1 Å². The van der Waals surface area contributed by atoms with Crippen molar-refractivity contribution >= 4 is 10.8 Å². The van der Waals surface area contributed by atoms with Gasteiger partial charge in [0.05, 0.1) is 5.39 Å². The third-order valence-electron chi connectivity index (χ3n) is 4.99. The number of benzene rings is 2. The van der Waals surface area contributed by atoms with E-state index in [0.29, 0.717) is 0 Å². The molecule has 1 aliphatic rings. The van der Waals surface area contributed by atoms with Crippen LogP contribution >= 0.6 is 0 Å². The molecule has 0 aliphatic heterocycles. The number of aromatic nitrogens is 1. The molecule has 3 aromatic rings. The van der Waals surface area contributed by atoms with Gasteiger partial charge < -0.3 is 0 Å². The Balaban J connectivity index is 2.06. The quantitative estimate of drug-likeness (QED) is 0.583. The average Bonchev–Trinajstić information content (AvgIpc) is 2.93. The van der Waals surface area contributed by atoms with E-state index in [4.69, 9.17) is 0 Å². The molecule has 0 saturated carbocycles. The summed E-state index contributed by atoms with van der Waals surface area (Å²) < 4.78 is 2.27. The number of pyridine rings is 1. The zero-order valence-electron chi connectivity index (χ0n) is 13.6. The zero-order valence-corrected chi connectivity index (χ0v) is 13.6. The SMILES string of the molecule is Cc1ccc2cc[n+](C)c(-c3cc4c(cc3C)CCC4)c2c1. The van der Waals surface area contributed by atoms with Gasteiger partial charge in [-0.05, 0) is 67.3 Å². The van der Waals surface area contributed by atoms with Gasteiger partial charge in [-0.15, -0.1) is 0 Å². The number of nitrogens with zero attached hydrogens (tertiary/aromatic N) is 1.